The molecule has 1 rings (SSSR count). The average molecular weight is 229 g/mol. The number of terminal acetylenes is 1. The Morgan fingerprint density at radius 3 is 2.62 bits per heavy atom. The molecule has 1 saturated carbocycles. The van der Waals surface area contributed by atoms with Crippen molar-refractivity contribution in [1.29, 1.82) is 0 Å². The SMILES string of the molecule is C#CCCCNC(=O)C1CCC(F)(F)CC1. The number of alkyl halides is 2. The quantitative estimate of drug-likeness (QED) is 0.582. The molecule has 0 aromatic rings. The Morgan fingerprint density at radius 2 is 2.06 bits per heavy atom. The third kappa shape index (κ3) is 4.18. The first-order valence-electron chi connectivity index (χ1n) is 5.64. The van der Waals surface area contributed by atoms with Gasteiger partial charge in [0.25, 0.3) is 0 Å². The molecule has 4 heteroatoms. The van der Waals surface area contributed by atoms with Crippen molar-refractivity contribution in [2.24, 2.45) is 5.92 Å². The van der Waals surface area contributed by atoms with Crippen molar-refractivity contribution in [3.8, 4) is 12.3 Å². The van der Waals surface area contributed by atoms with Crippen LogP contribution in [0.15, 0.2) is 0 Å². The lowest BCUT2D eigenvalue weighted by Crippen LogP contribution is -2.36. The van der Waals surface area contributed by atoms with Gasteiger partial charge in [-0.25, -0.2) is 8.78 Å². The van der Waals surface area contributed by atoms with Gasteiger partial charge in [0, 0.05) is 31.7 Å². The maximum absolute atomic E-state index is 12.8. The summed E-state index contributed by atoms with van der Waals surface area (Å²) in [6.45, 7) is 0.538. The Hall–Kier alpha value is -1.11. The molecule has 0 bridgehead atoms. The van der Waals surface area contributed by atoms with Gasteiger partial charge in [0.15, 0.2) is 0 Å². The molecule has 0 atom stereocenters. The smallest absolute Gasteiger partial charge is 0.248 e. The standard InChI is InChI=1S/C12H17F2NO/c1-2-3-4-9-15-11(16)10-5-7-12(13,14)8-6-10/h1,10H,3-9H2,(H,15,16). The van der Waals surface area contributed by atoms with Crippen LogP contribution in [0.2, 0.25) is 0 Å². The summed E-state index contributed by atoms with van der Waals surface area (Å²) >= 11 is 0. The average Bonchev–Trinajstić information content (AvgIpc) is 2.24. The maximum Gasteiger partial charge on any atom is 0.248 e. The Bertz CT molecular complexity index is 273. The van der Waals surface area contributed by atoms with E-state index in [1.807, 2.05) is 0 Å². The summed E-state index contributed by atoms with van der Waals surface area (Å²) < 4.78 is 25.7. The lowest BCUT2D eigenvalue weighted by molar-refractivity contribution is -0.129. The van der Waals surface area contributed by atoms with Crippen LogP contribution in [0.5, 0.6) is 0 Å². The van der Waals surface area contributed by atoms with Crippen molar-refractivity contribution in [1.82, 2.24) is 5.32 Å². The van der Waals surface area contributed by atoms with Crippen molar-refractivity contribution in [2.75, 3.05) is 6.54 Å². The normalized spacial score (nSPS) is 20.1. The molecular weight excluding hydrogens is 212 g/mol. The molecule has 90 valence electrons. The van der Waals surface area contributed by atoms with Crippen LogP contribution < -0.4 is 5.32 Å². The maximum atomic E-state index is 12.8. The molecule has 1 amide bonds. The number of halogens is 2. The third-order valence-electron chi connectivity index (χ3n) is 2.89. The van der Waals surface area contributed by atoms with Gasteiger partial charge in [0.05, 0.1) is 0 Å². The zero-order valence-corrected chi connectivity index (χ0v) is 9.27. The Balaban J connectivity index is 2.21. The molecule has 0 spiro atoms. The molecule has 1 N–H and O–H groups in total. The van der Waals surface area contributed by atoms with E-state index in [0.717, 1.165) is 6.42 Å². The number of hydrogen-bond acceptors (Lipinski definition) is 1. The molecule has 16 heavy (non-hydrogen) atoms. The minimum atomic E-state index is -2.57. The van der Waals surface area contributed by atoms with Crippen molar-refractivity contribution in [3.63, 3.8) is 0 Å². The van der Waals surface area contributed by atoms with Gasteiger partial charge in [-0.2, -0.15) is 0 Å². The largest absolute Gasteiger partial charge is 0.356 e. The van der Waals surface area contributed by atoms with Crippen LogP contribution in [0.25, 0.3) is 0 Å². The molecule has 0 aromatic carbocycles. The zero-order chi connectivity index (χ0) is 12.0. The second-order valence-corrected chi connectivity index (χ2v) is 4.23. The van der Waals surface area contributed by atoms with Crippen LogP contribution in [-0.4, -0.2) is 18.4 Å². The summed E-state index contributed by atoms with van der Waals surface area (Å²) in [5.74, 6) is -0.437. The number of carbonyl (C=O) groups excluding carboxylic acids is 1. The summed E-state index contributed by atoms with van der Waals surface area (Å²) in [7, 11) is 0. The summed E-state index contributed by atoms with van der Waals surface area (Å²) in [4.78, 5) is 11.6. The van der Waals surface area contributed by atoms with Crippen molar-refractivity contribution in [2.45, 2.75) is 44.4 Å². The Kier molecular flexibility index (Phi) is 4.72. The predicted molar refractivity (Wildman–Crippen MR) is 58.0 cm³/mol. The monoisotopic (exact) mass is 229 g/mol. The van der Waals surface area contributed by atoms with Gasteiger partial charge in [-0.1, -0.05) is 0 Å². The molecular formula is C12H17F2NO. The molecule has 1 aliphatic rings. The number of nitrogens with one attached hydrogen (secondary N) is 1. The number of amides is 1. The number of carbonyl (C=O) groups is 1. The van der Waals surface area contributed by atoms with E-state index in [1.165, 1.54) is 0 Å². The Labute approximate surface area is 94.8 Å². The van der Waals surface area contributed by atoms with Crippen LogP contribution >= 0.6 is 0 Å². The zero-order valence-electron chi connectivity index (χ0n) is 9.27. The highest BCUT2D eigenvalue weighted by Crippen LogP contribution is 2.36. The van der Waals surface area contributed by atoms with Crippen molar-refractivity contribution in [3.05, 3.63) is 0 Å². The first-order valence-corrected chi connectivity index (χ1v) is 5.64. The van der Waals surface area contributed by atoms with E-state index in [9.17, 15) is 13.6 Å². The first-order chi connectivity index (χ1) is 7.55. The van der Waals surface area contributed by atoms with Crippen LogP contribution in [0, 0.1) is 18.3 Å². The number of hydrogen-bond donors (Lipinski definition) is 1. The van der Waals surface area contributed by atoms with Crippen molar-refractivity contribution >= 4 is 5.91 Å². The fraction of sp³-hybridized carbons (Fsp3) is 0.750. The highest BCUT2D eigenvalue weighted by molar-refractivity contribution is 5.78. The van der Waals surface area contributed by atoms with Gasteiger partial charge in [-0.15, -0.1) is 12.3 Å². The van der Waals surface area contributed by atoms with E-state index in [0.29, 0.717) is 13.0 Å². The van der Waals surface area contributed by atoms with Gasteiger partial charge in [-0.3, -0.25) is 4.79 Å². The number of unbranched alkanes of at least 4 members (excludes halogenated alkanes) is 1. The van der Waals surface area contributed by atoms with E-state index < -0.39 is 5.92 Å². The van der Waals surface area contributed by atoms with Gasteiger partial charge in [0.1, 0.15) is 0 Å². The topological polar surface area (TPSA) is 29.1 Å². The minimum absolute atomic E-state index is 0.104. The van der Waals surface area contributed by atoms with E-state index >= 15 is 0 Å². The summed E-state index contributed by atoms with van der Waals surface area (Å²) in [6.07, 6.45) is 6.67. The number of rotatable bonds is 4. The third-order valence-corrected chi connectivity index (χ3v) is 2.89. The second kappa shape index (κ2) is 5.83. The van der Waals surface area contributed by atoms with E-state index in [-0.39, 0.29) is 37.5 Å². The van der Waals surface area contributed by atoms with Crippen LogP contribution in [0.1, 0.15) is 38.5 Å². The van der Waals surface area contributed by atoms with Crippen LogP contribution in [0.4, 0.5) is 8.78 Å². The van der Waals surface area contributed by atoms with Gasteiger partial charge < -0.3 is 5.32 Å². The second-order valence-electron chi connectivity index (χ2n) is 4.23. The molecule has 0 radical (unpaired) electrons. The fourth-order valence-electron chi connectivity index (χ4n) is 1.85. The summed E-state index contributed by atoms with van der Waals surface area (Å²) in [6, 6.07) is 0. The van der Waals surface area contributed by atoms with Gasteiger partial charge >= 0.3 is 0 Å². The Morgan fingerprint density at radius 1 is 1.44 bits per heavy atom. The molecule has 0 aromatic heterocycles. The fourth-order valence-corrected chi connectivity index (χ4v) is 1.85. The first kappa shape index (κ1) is 13.0. The van der Waals surface area contributed by atoms with Gasteiger partial charge in [-0.05, 0) is 19.3 Å². The minimum Gasteiger partial charge on any atom is -0.356 e. The van der Waals surface area contributed by atoms with E-state index in [2.05, 4.69) is 11.2 Å². The molecule has 1 aliphatic carbocycles. The highest BCUT2D eigenvalue weighted by Gasteiger charge is 2.37. The molecule has 0 unspecified atom stereocenters. The summed E-state index contributed by atoms with van der Waals surface area (Å²) in [5, 5.41) is 2.74. The molecule has 1 fully saturated rings. The van der Waals surface area contributed by atoms with Crippen molar-refractivity contribution < 1.29 is 13.6 Å². The van der Waals surface area contributed by atoms with Crippen LogP contribution in [0.3, 0.4) is 0 Å². The van der Waals surface area contributed by atoms with Gasteiger partial charge in [0.2, 0.25) is 11.8 Å². The molecule has 0 heterocycles. The highest BCUT2D eigenvalue weighted by atomic mass is 19.3. The van der Waals surface area contributed by atoms with E-state index in [1.54, 1.807) is 0 Å². The van der Waals surface area contributed by atoms with Crippen LogP contribution in [-0.2, 0) is 4.79 Å². The molecule has 0 saturated heterocycles. The lowest BCUT2D eigenvalue weighted by Gasteiger charge is -2.27. The molecule has 0 aliphatic heterocycles. The summed E-state index contributed by atoms with van der Waals surface area (Å²) in [5.41, 5.74) is 0. The van der Waals surface area contributed by atoms with E-state index in [4.69, 9.17) is 6.42 Å². The molecule has 2 nitrogen and oxygen atoms in total. The predicted octanol–water partition coefficient (Wildman–Crippen LogP) is 2.34. The lowest BCUT2D eigenvalue weighted by atomic mass is 9.86.